The fourth-order valence-corrected chi connectivity index (χ4v) is 1.30. The monoisotopic (exact) mass is 278 g/mol. The number of methoxy groups -OCH3 is 1. The predicted octanol–water partition coefficient (Wildman–Crippen LogP) is 2.08. The van der Waals surface area contributed by atoms with Gasteiger partial charge < -0.3 is 10.1 Å². The summed E-state index contributed by atoms with van der Waals surface area (Å²) in [5.41, 5.74) is 0.576. The summed E-state index contributed by atoms with van der Waals surface area (Å²) >= 11 is 8.90. The zero-order chi connectivity index (χ0) is 10.6. The van der Waals surface area contributed by atoms with Crippen molar-refractivity contribution in [1.82, 2.24) is 4.98 Å². The molecule has 0 fully saturated rings. The first kappa shape index (κ1) is 11.4. The van der Waals surface area contributed by atoms with Crippen LogP contribution < -0.4 is 5.32 Å². The Labute approximate surface area is 94.7 Å². The van der Waals surface area contributed by atoms with Gasteiger partial charge in [-0.05, 0) is 15.9 Å². The van der Waals surface area contributed by atoms with E-state index in [0.29, 0.717) is 15.3 Å². The quantitative estimate of drug-likeness (QED) is 0.862. The molecule has 4 nitrogen and oxygen atoms in total. The summed E-state index contributed by atoms with van der Waals surface area (Å²) in [4.78, 5) is 15.0. The second-order valence-corrected chi connectivity index (χ2v) is 3.71. The molecule has 1 N–H and O–H groups in total. The number of hydrogen-bond donors (Lipinski definition) is 1. The number of aromatic nitrogens is 1. The molecule has 1 aromatic heterocycles. The summed E-state index contributed by atoms with van der Waals surface area (Å²) in [6.45, 7) is 0.00633. The van der Waals surface area contributed by atoms with E-state index in [1.54, 1.807) is 6.07 Å². The molecular formula is C8H8BrClN2O2. The molecule has 0 aliphatic heterocycles. The minimum atomic E-state index is -0.240. The van der Waals surface area contributed by atoms with Gasteiger partial charge in [-0.15, -0.1) is 0 Å². The van der Waals surface area contributed by atoms with Crippen molar-refractivity contribution in [2.24, 2.45) is 0 Å². The Bertz CT molecular complexity index is 346. The van der Waals surface area contributed by atoms with Crippen LogP contribution in [0.25, 0.3) is 0 Å². The van der Waals surface area contributed by atoms with Gasteiger partial charge in [0.25, 0.3) is 0 Å². The van der Waals surface area contributed by atoms with Gasteiger partial charge in [0.1, 0.15) is 11.8 Å². The molecule has 0 aliphatic rings. The van der Waals surface area contributed by atoms with Gasteiger partial charge in [-0.2, -0.15) is 0 Å². The number of nitrogens with zero attached hydrogens (tertiary/aromatic N) is 1. The fraction of sp³-hybridized carbons (Fsp3) is 0.250. The van der Waals surface area contributed by atoms with Gasteiger partial charge in [0.05, 0.1) is 10.2 Å². The van der Waals surface area contributed by atoms with Crippen molar-refractivity contribution in [1.29, 1.82) is 0 Å². The fourth-order valence-electron chi connectivity index (χ4n) is 0.826. The first-order valence-electron chi connectivity index (χ1n) is 3.73. The van der Waals surface area contributed by atoms with E-state index in [0.717, 1.165) is 0 Å². The Morgan fingerprint density at radius 1 is 1.79 bits per heavy atom. The molecule has 1 amide bonds. The number of ether oxygens (including phenoxy) is 1. The third kappa shape index (κ3) is 3.25. The SMILES string of the molecule is COCC(=O)Nc1cc(Cl)ncc1Br. The van der Waals surface area contributed by atoms with Crippen LogP contribution in [0, 0.1) is 0 Å². The Kier molecular flexibility index (Phi) is 4.31. The van der Waals surface area contributed by atoms with E-state index in [4.69, 9.17) is 11.6 Å². The number of rotatable bonds is 3. The number of carbonyl (C=O) groups excluding carboxylic acids is 1. The van der Waals surface area contributed by atoms with Crippen LogP contribution in [-0.4, -0.2) is 24.6 Å². The van der Waals surface area contributed by atoms with Crippen LogP contribution in [0.5, 0.6) is 0 Å². The molecule has 0 saturated heterocycles. The largest absolute Gasteiger partial charge is 0.375 e. The van der Waals surface area contributed by atoms with E-state index < -0.39 is 0 Å². The lowest BCUT2D eigenvalue weighted by Gasteiger charge is -2.06. The Morgan fingerprint density at radius 3 is 3.14 bits per heavy atom. The first-order valence-corrected chi connectivity index (χ1v) is 4.90. The number of hydrogen-bond acceptors (Lipinski definition) is 3. The molecule has 0 bridgehead atoms. The lowest BCUT2D eigenvalue weighted by Crippen LogP contribution is -2.17. The van der Waals surface area contributed by atoms with Crippen LogP contribution >= 0.6 is 27.5 Å². The van der Waals surface area contributed by atoms with Gasteiger partial charge in [0, 0.05) is 19.4 Å². The number of amides is 1. The third-order valence-electron chi connectivity index (χ3n) is 1.37. The molecule has 0 saturated carbocycles. The standard InChI is InChI=1S/C8H8BrClN2O2/c1-14-4-8(13)12-6-2-7(10)11-3-5(6)9/h2-3H,4H2,1H3,(H,11,12,13). The number of pyridine rings is 1. The topological polar surface area (TPSA) is 51.2 Å². The van der Waals surface area contributed by atoms with Crippen LogP contribution in [-0.2, 0) is 9.53 Å². The lowest BCUT2D eigenvalue weighted by atomic mass is 10.4. The number of nitrogens with one attached hydrogen (secondary N) is 1. The van der Waals surface area contributed by atoms with Gasteiger partial charge >= 0.3 is 0 Å². The number of halogens is 2. The van der Waals surface area contributed by atoms with E-state index in [1.807, 2.05) is 0 Å². The normalized spacial score (nSPS) is 9.93. The van der Waals surface area contributed by atoms with Gasteiger partial charge in [-0.3, -0.25) is 4.79 Å². The molecule has 76 valence electrons. The summed E-state index contributed by atoms with van der Waals surface area (Å²) < 4.78 is 5.34. The maximum Gasteiger partial charge on any atom is 0.250 e. The van der Waals surface area contributed by atoms with E-state index in [2.05, 4.69) is 31.0 Å². The Morgan fingerprint density at radius 2 is 2.50 bits per heavy atom. The molecular weight excluding hydrogens is 271 g/mol. The summed E-state index contributed by atoms with van der Waals surface area (Å²) in [5, 5.41) is 2.94. The minimum absolute atomic E-state index is 0.00633. The molecule has 0 unspecified atom stereocenters. The highest BCUT2D eigenvalue weighted by molar-refractivity contribution is 9.10. The van der Waals surface area contributed by atoms with Crippen LogP contribution in [0.1, 0.15) is 0 Å². The van der Waals surface area contributed by atoms with Crippen LogP contribution in [0.15, 0.2) is 16.7 Å². The van der Waals surface area contributed by atoms with E-state index in [1.165, 1.54) is 13.3 Å². The average molecular weight is 280 g/mol. The zero-order valence-corrected chi connectivity index (χ0v) is 9.72. The van der Waals surface area contributed by atoms with Gasteiger partial charge in [-0.1, -0.05) is 11.6 Å². The van der Waals surface area contributed by atoms with Crippen LogP contribution in [0.4, 0.5) is 5.69 Å². The summed E-state index contributed by atoms with van der Waals surface area (Å²) in [6, 6.07) is 1.55. The van der Waals surface area contributed by atoms with Crippen LogP contribution in [0.3, 0.4) is 0 Å². The smallest absolute Gasteiger partial charge is 0.250 e. The molecule has 14 heavy (non-hydrogen) atoms. The highest BCUT2D eigenvalue weighted by Gasteiger charge is 2.05. The lowest BCUT2D eigenvalue weighted by molar-refractivity contribution is -0.119. The van der Waals surface area contributed by atoms with Crippen molar-refractivity contribution >= 4 is 39.1 Å². The van der Waals surface area contributed by atoms with Crippen molar-refractivity contribution in [3.63, 3.8) is 0 Å². The molecule has 0 atom stereocenters. The van der Waals surface area contributed by atoms with Crippen molar-refractivity contribution in [3.05, 3.63) is 21.9 Å². The molecule has 1 rings (SSSR count). The minimum Gasteiger partial charge on any atom is -0.375 e. The van der Waals surface area contributed by atoms with Gasteiger partial charge in [0.2, 0.25) is 5.91 Å². The zero-order valence-electron chi connectivity index (χ0n) is 7.38. The van der Waals surface area contributed by atoms with E-state index in [-0.39, 0.29) is 12.5 Å². The van der Waals surface area contributed by atoms with Gasteiger partial charge in [-0.25, -0.2) is 4.98 Å². The molecule has 6 heteroatoms. The predicted molar refractivity (Wildman–Crippen MR) is 57.5 cm³/mol. The van der Waals surface area contributed by atoms with Crippen molar-refractivity contribution in [3.8, 4) is 0 Å². The average Bonchev–Trinajstić information content (AvgIpc) is 2.12. The summed E-state index contributed by atoms with van der Waals surface area (Å²) in [6.07, 6.45) is 1.52. The first-order chi connectivity index (χ1) is 6.63. The Hall–Kier alpha value is -0.650. The Balaban J connectivity index is 2.75. The highest BCUT2D eigenvalue weighted by Crippen LogP contribution is 2.23. The maximum absolute atomic E-state index is 11.2. The molecule has 0 spiro atoms. The van der Waals surface area contributed by atoms with Crippen molar-refractivity contribution in [2.45, 2.75) is 0 Å². The molecule has 0 aliphatic carbocycles. The number of anilines is 1. The van der Waals surface area contributed by atoms with Crippen molar-refractivity contribution < 1.29 is 9.53 Å². The second kappa shape index (κ2) is 5.29. The summed E-state index contributed by atoms with van der Waals surface area (Å²) in [5.74, 6) is -0.240. The number of carbonyl (C=O) groups is 1. The van der Waals surface area contributed by atoms with E-state index >= 15 is 0 Å². The summed E-state index contributed by atoms with van der Waals surface area (Å²) in [7, 11) is 1.45. The molecule has 1 heterocycles. The van der Waals surface area contributed by atoms with Crippen molar-refractivity contribution in [2.75, 3.05) is 19.0 Å². The molecule has 0 radical (unpaired) electrons. The molecule has 0 aromatic carbocycles. The second-order valence-electron chi connectivity index (χ2n) is 2.47. The van der Waals surface area contributed by atoms with E-state index in [9.17, 15) is 4.79 Å². The maximum atomic E-state index is 11.2. The van der Waals surface area contributed by atoms with Crippen LogP contribution in [0.2, 0.25) is 5.15 Å². The highest BCUT2D eigenvalue weighted by atomic mass is 79.9. The molecule has 1 aromatic rings. The third-order valence-corrected chi connectivity index (χ3v) is 2.21. The van der Waals surface area contributed by atoms with Gasteiger partial charge in [0.15, 0.2) is 0 Å².